The Labute approximate surface area is 205 Å². The van der Waals surface area contributed by atoms with Crippen LogP contribution in [-0.4, -0.2) is 41.2 Å². The molecule has 3 aliphatic rings. The molecule has 1 saturated heterocycles. The first-order chi connectivity index (χ1) is 17.2. The zero-order valence-corrected chi connectivity index (χ0v) is 19.8. The molecule has 0 bridgehead atoms. The lowest BCUT2D eigenvalue weighted by atomic mass is 9.87. The fourth-order valence-corrected chi connectivity index (χ4v) is 5.28. The minimum absolute atomic E-state index is 0.0475. The standard InChI is InChI=1S/C29H30N2O4/c32-28(22-8-9-22)31-17-14-20-10-11-23(18-25(20)27(31)21-6-2-1-3-7-21)34-19-24-12-13-26(35-24)29(33)30-15-4-5-16-30/h1-3,6-7,10-13,18,22,27H,4-5,8-9,14-17,19H2. The third kappa shape index (κ3) is 4.45. The smallest absolute Gasteiger partial charge is 0.289 e. The number of ether oxygens (including phenoxy) is 1. The monoisotopic (exact) mass is 470 g/mol. The minimum atomic E-state index is -0.107. The lowest BCUT2D eigenvalue weighted by molar-refractivity contribution is -0.134. The first-order valence-electron chi connectivity index (χ1n) is 12.7. The number of hydrogen-bond acceptors (Lipinski definition) is 4. The molecular formula is C29H30N2O4. The summed E-state index contributed by atoms with van der Waals surface area (Å²) >= 11 is 0. The van der Waals surface area contributed by atoms with Crippen LogP contribution < -0.4 is 4.74 Å². The van der Waals surface area contributed by atoms with Crippen molar-refractivity contribution in [1.29, 1.82) is 0 Å². The van der Waals surface area contributed by atoms with E-state index in [-0.39, 0.29) is 30.4 Å². The molecule has 6 nitrogen and oxygen atoms in total. The van der Waals surface area contributed by atoms with Gasteiger partial charge in [0.15, 0.2) is 5.76 Å². The average molecular weight is 471 g/mol. The average Bonchev–Trinajstić information content (AvgIpc) is 3.39. The summed E-state index contributed by atoms with van der Waals surface area (Å²) in [7, 11) is 0. The number of carbonyl (C=O) groups is 2. The number of furan rings is 1. The highest BCUT2D eigenvalue weighted by molar-refractivity contribution is 5.91. The van der Waals surface area contributed by atoms with E-state index in [0.29, 0.717) is 11.5 Å². The Morgan fingerprint density at radius 2 is 1.74 bits per heavy atom. The Balaban J connectivity index is 1.22. The molecule has 35 heavy (non-hydrogen) atoms. The van der Waals surface area contributed by atoms with Crippen molar-refractivity contribution in [3.05, 3.63) is 88.9 Å². The van der Waals surface area contributed by atoms with Gasteiger partial charge in [-0.3, -0.25) is 9.59 Å². The van der Waals surface area contributed by atoms with Gasteiger partial charge in [0.05, 0.1) is 6.04 Å². The van der Waals surface area contributed by atoms with Crippen molar-refractivity contribution >= 4 is 11.8 Å². The van der Waals surface area contributed by atoms with Crippen LogP contribution in [0.15, 0.2) is 65.1 Å². The zero-order valence-electron chi connectivity index (χ0n) is 19.8. The van der Waals surface area contributed by atoms with Gasteiger partial charge in [-0.1, -0.05) is 36.4 Å². The molecule has 6 rings (SSSR count). The van der Waals surface area contributed by atoms with Gasteiger partial charge in [-0.2, -0.15) is 0 Å². The molecule has 2 amide bonds. The largest absolute Gasteiger partial charge is 0.486 e. The second-order valence-corrected chi connectivity index (χ2v) is 9.78. The summed E-state index contributed by atoms with van der Waals surface area (Å²) < 4.78 is 11.9. The van der Waals surface area contributed by atoms with Crippen molar-refractivity contribution in [1.82, 2.24) is 9.80 Å². The second-order valence-electron chi connectivity index (χ2n) is 9.78. The first kappa shape index (κ1) is 22.0. The van der Waals surface area contributed by atoms with Crippen molar-refractivity contribution in [3.8, 4) is 5.75 Å². The highest BCUT2D eigenvalue weighted by Crippen LogP contribution is 2.41. The molecule has 1 saturated carbocycles. The Kier molecular flexibility index (Phi) is 5.80. The van der Waals surface area contributed by atoms with E-state index in [4.69, 9.17) is 9.15 Å². The summed E-state index contributed by atoms with van der Waals surface area (Å²) in [6, 6.07) is 19.9. The van der Waals surface area contributed by atoms with Gasteiger partial charge in [0.25, 0.3) is 5.91 Å². The molecular weight excluding hydrogens is 440 g/mol. The predicted octanol–water partition coefficient (Wildman–Crippen LogP) is 4.98. The van der Waals surface area contributed by atoms with E-state index in [0.717, 1.165) is 68.6 Å². The molecule has 1 atom stereocenters. The van der Waals surface area contributed by atoms with E-state index < -0.39 is 0 Å². The van der Waals surface area contributed by atoms with Gasteiger partial charge < -0.3 is 19.0 Å². The number of fused-ring (bicyclic) bond motifs is 1. The van der Waals surface area contributed by atoms with Crippen LogP contribution in [0.5, 0.6) is 5.75 Å². The van der Waals surface area contributed by atoms with E-state index in [9.17, 15) is 9.59 Å². The third-order valence-corrected chi connectivity index (χ3v) is 7.32. The summed E-state index contributed by atoms with van der Waals surface area (Å²) in [4.78, 5) is 29.6. The molecule has 0 N–H and O–H groups in total. The van der Waals surface area contributed by atoms with E-state index in [2.05, 4.69) is 29.2 Å². The zero-order chi connectivity index (χ0) is 23.8. The van der Waals surface area contributed by atoms with Crippen LogP contribution in [0.1, 0.15) is 64.7 Å². The maximum absolute atomic E-state index is 13.2. The van der Waals surface area contributed by atoms with Gasteiger partial charge in [0, 0.05) is 25.6 Å². The van der Waals surface area contributed by atoms with Crippen molar-refractivity contribution in [2.24, 2.45) is 5.92 Å². The summed E-state index contributed by atoms with van der Waals surface area (Å²) in [5, 5.41) is 0. The molecule has 180 valence electrons. The maximum atomic E-state index is 13.2. The fourth-order valence-electron chi connectivity index (χ4n) is 5.28. The van der Waals surface area contributed by atoms with Gasteiger partial charge in [-0.15, -0.1) is 0 Å². The summed E-state index contributed by atoms with van der Waals surface area (Å²) in [5.41, 5.74) is 3.50. The predicted molar refractivity (Wildman–Crippen MR) is 131 cm³/mol. The van der Waals surface area contributed by atoms with Gasteiger partial charge in [0.2, 0.25) is 5.91 Å². The van der Waals surface area contributed by atoms with Crippen molar-refractivity contribution in [3.63, 3.8) is 0 Å². The molecule has 2 aliphatic heterocycles. The van der Waals surface area contributed by atoms with Crippen molar-refractivity contribution in [2.45, 2.75) is 44.8 Å². The van der Waals surface area contributed by atoms with E-state index in [1.54, 1.807) is 6.07 Å². The molecule has 6 heteroatoms. The lowest BCUT2D eigenvalue weighted by Crippen LogP contribution is -2.41. The lowest BCUT2D eigenvalue weighted by Gasteiger charge is -2.38. The van der Waals surface area contributed by atoms with Crippen molar-refractivity contribution in [2.75, 3.05) is 19.6 Å². The molecule has 0 spiro atoms. The van der Waals surface area contributed by atoms with E-state index in [1.807, 2.05) is 35.2 Å². The van der Waals surface area contributed by atoms with Gasteiger partial charge >= 0.3 is 0 Å². The van der Waals surface area contributed by atoms with Crippen LogP contribution >= 0.6 is 0 Å². The van der Waals surface area contributed by atoms with Gasteiger partial charge in [-0.05, 0) is 73.1 Å². The van der Waals surface area contributed by atoms with Crippen LogP contribution in [-0.2, 0) is 17.8 Å². The number of hydrogen-bond donors (Lipinski definition) is 0. The van der Waals surface area contributed by atoms with E-state index in [1.165, 1.54) is 5.56 Å². The normalized spacial score (nSPS) is 19.5. The van der Waals surface area contributed by atoms with Gasteiger partial charge in [-0.25, -0.2) is 0 Å². The van der Waals surface area contributed by atoms with Crippen LogP contribution in [0, 0.1) is 5.92 Å². The Bertz CT molecular complexity index is 1220. The molecule has 3 aromatic rings. The minimum Gasteiger partial charge on any atom is -0.486 e. The number of benzene rings is 2. The number of nitrogens with zero attached hydrogens (tertiary/aromatic N) is 2. The van der Waals surface area contributed by atoms with E-state index >= 15 is 0 Å². The quantitative estimate of drug-likeness (QED) is 0.510. The molecule has 1 unspecified atom stereocenters. The number of likely N-dealkylation sites (tertiary alicyclic amines) is 1. The second kappa shape index (κ2) is 9.25. The molecule has 2 fully saturated rings. The molecule has 3 heterocycles. The highest BCUT2D eigenvalue weighted by Gasteiger charge is 2.39. The third-order valence-electron chi connectivity index (χ3n) is 7.32. The first-order valence-corrected chi connectivity index (χ1v) is 12.7. The number of amides is 2. The maximum Gasteiger partial charge on any atom is 0.289 e. The summed E-state index contributed by atoms with van der Waals surface area (Å²) in [5.74, 6) is 2.12. The fraction of sp³-hybridized carbons (Fsp3) is 0.379. The topological polar surface area (TPSA) is 63.0 Å². The number of carbonyl (C=O) groups excluding carboxylic acids is 2. The van der Waals surface area contributed by atoms with Crippen LogP contribution in [0.4, 0.5) is 0 Å². The van der Waals surface area contributed by atoms with Crippen LogP contribution in [0.2, 0.25) is 0 Å². The highest BCUT2D eigenvalue weighted by atomic mass is 16.5. The Morgan fingerprint density at radius 3 is 2.51 bits per heavy atom. The summed E-state index contributed by atoms with van der Waals surface area (Å²) in [6.07, 6.45) is 4.94. The summed E-state index contributed by atoms with van der Waals surface area (Å²) in [6.45, 7) is 2.57. The Hall–Kier alpha value is -3.54. The molecule has 0 radical (unpaired) electrons. The SMILES string of the molecule is O=C(c1ccc(COc2ccc3c(c2)C(c2ccccc2)N(C(=O)C2CC2)CC3)o1)N1CCCC1. The molecule has 1 aliphatic carbocycles. The van der Waals surface area contributed by atoms with Crippen LogP contribution in [0.25, 0.3) is 0 Å². The molecule has 1 aromatic heterocycles. The van der Waals surface area contributed by atoms with Crippen LogP contribution in [0.3, 0.4) is 0 Å². The van der Waals surface area contributed by atoms with Gasteiger partial charge in [0.1, 0.15) is 18.1 Å². The Morgan fingerprint density at radius 1 is 0.943 bits per heavy atom. The van der Waals surface area contributed by atoms with Crippen molar-refractivity contribution < 1.29 is 18.7 Å². The molecule has 2 aromatic carbocycles. The number of rotatable bonds is 6.